The number of halogens is 3. The van der Waals surface area contributed by atoms with E-state index in [0.717, 1.165) is 26.4 Å². The van der Waals surface area contributed by atoms with Gasteiger partial charge in [-0.05, 0) is 64.6 Å². The minimum Gasteiger partial charge on any atom is -0.325 e. The van der Waals surface area contributed by atoms with Crippen LogP contribution in [0.5, 0.6) is 0 Å². The third-order valence-corrected chi connectivity index (χ3v) is 7.19. The molecule has 0 fully saturated rings. The third kappa shape index (κ3) is 6.78. The van der Waals surface area contributed by atoms with E-state index in [1.54, 1.807) is 17.8 Å². The van der Waals surface area contributed by atoms with Gasteiger partial charge >= 0.3 is 0 Å². The number of nitrogens with zero attached hydrogens (tertiary/aromatic N) is 3. The monoisotopic (exact) mass is 578 g/mol. The molecule has 0 unspecified atom stereocenters. The highest BCUT2D eigenvalue weighted by atomic mass is 127. The summed E-state index contributed by atoms with van der Waals surface area (Å²) in [5.74, 6) is 2.49. The van der Waals surface area contributed by atoms with Crippen molar-refractivity contribution in [3.05, 3.63) is 67.5 Å². The Morgan fingerprint density at radius 2 is 1.90 bits per heavy atom. The van der Waals surface area contributed by atoms with Crippen LogP contribution in [-0.2, 0) is 23.3 Å². The van der Waals surface area contributed by atoms with Crippen LogP contribution in [0.15, 0.2) is 47.6 Å². The molecule has 0 saturated heterocycles. The SMILES string of the molecule is Cn1c(CSCc2ccc(Cl)cc2Cl)nnc1SCC(=O)Nc1ccc(I)cc1. The Bertz CT molecular complexity index is 998. The first kappa shape index (κ1) is 22.7. The van der Waals surface area contributed by atoms with Gasteiger partial charge < -0.3 is 9.88 Å². The maximum absolute atomic E-state index is 12.2. The largest absolute Gasteiger partial charge is 0.325 e. The summed E-state index contributed by atoms with van der Waals surface area (Å²) in [6.45, 7) is 0. The molecule has 1 amide bonds. The molecule has 1 N–H and O–H groups in total. The molecule has 29 heavy (non-hydrogen) atoms. The second-order valence-electron chi connectivity index (χ2n) is 6.03. The van der Waals surface area contributed by atoms with Gasteiger partial charge in [0.05, 0.1) is 11.5 Å². The van der Waals surface area contributed by atoms with Crippen molar-refractivity contribution >= 4 is 80.9 Å². The van der Waals surface area contributed by atoms with Gasteiger partial charge in [0.15, 0.2) is 5.16 Å². The van der Waals surface area contributed by atoms with Crippen molar-refractivity contribution in [1.29, 1.82) is 0 Å². The number of hydrogen-bond donors (Lipinski definition) is 1. The van der Waals surface area contributed by atoms with Gasteiger partial charge in [-0.2, -0.15) is 0 Å². The zero-order chi connectivity index (χ0) is 20.8. The minimum atomic E-state index is -0.0764. The number of aromatic nitrogens is 3. The Morgan fingerprint density at radius 1 is 1.14 bits per heavy atom. The number of amides is 1. The number of nitrogens with one attached hydrogen (secondary N) is 1. The normalized spacial score (nSPS) is 10.9. The molecule has 5 nitrogen and oxygen atoms in total. The molecule has 0 aliphatic rings. The summed E-state index contributed by atoms with van der Waals surface area (Å²) >= 11 is 17.4. The lowest BCUT2D eigenvalue weighted by Gasteiger charge is -2.06. The van der Waals surface area contributed by atoms with Crippen molar-refractivity contribution in [2.75, 3.05) is 11.1 Å². The van der Waals surface area contributed by atoms with E-state index in [9.17, 15) is 4.79 Å². The Labute approximate surface area is 201 Å². The molecular weight excluding hydrogens is 562 g/mol. The van der Waals surface area contributed by atoms with Crippen molar-refractivity contribution in [3.8, 4) is 0 Å². The molecule has 0 bridgehead atoms. The molecule has 10 heteroatoms. The first-order valence-corrected chi connectivity index (χ1v) is 12.5. The van der Waals surface area contributed by atoms with Gasteiger partial charge in [0.2, 0.25) is 5.91 Å². The van der Waals surface area contributed by atoms with E-state index in [-0.39, 0.29) is 11.7 Å². The van der Waals surface area contributed by atoms with Crippen molar-refractivity contribution in [2.45, 2.75) is 16.7 Å². The number of rotatable bonds is 8. The van der Waals surface area contributed by atoms with Crippen LogP contribution in [-0.4, -0.2) is 26.4 Å². The van der Waals surface area contributed by atoms with Crippen LogP contribution in [0.25, 0.3) is 0 Å². The van der Waals surface area contributed by atoms with E-state index >= 15 is 0 Å². The van der Waals surface area contributed by atoms with Crippen molar-refractivity contribution in [3.63, 3.8) is 0 Å². The van der Waals surface area contributed by atoms with Crippen LogP contribution in [0.1, 0.15) is 11.4 Å². The molecule has 1 heterocycles. The summed E-state index contributed by atoms with van der Waals surface area (Å²) in [6, 6.07) is 13.2. The first-order valence-electron chi connectivity index (χ1n) is 8.50. The topological polar surface area (TPSA) is 59.8 Å². The molecule has 3 aromatic rings. The van der Waals surface area contributed by atoms with Crippen molar-refractivity contribution < 1.29 is 4.79 Å². The average molecular weight is 579 g/mol. The van der Waals surface area contributed by atoms with Gasteiger partial charge in [0, 0.05) is 32.1 Å². The number of carbonyl (C=O) groups excluding carboxylic acids is 1. The zero-order valence-corrected chi connectivity index (χ0v) is 20.7. The number of hydrogen-bond acceptors (Lipinski definition) is 5. The summed E-state index contributed by atoms with van der Waals surface area (Å²) in [5, 5.41) is 13.3. The average Bonchev–Trinajstić information content (AvgIpc) is 3.03. The molecule has 0 saturated carbocycles. The molecule has 1 aromatic heterocycles. The molecular formula is C19H17Cl2IN4OS2. The van der Waals surface area contributed by atoms with Gasteiger partial charge in [-0.1, -0.05) is 41.0 Å². The second kappa shape index (κ2) is 10.9. The lowest BCUT2D eigenvalue weighted by atomic mass is 10.2. The summed E-state index contributed by atoms with van der Waals surface area (Å²) < 4.78 is 3.04. The molecule has 0 spiro atoms. The quantitative estimate of drug-likeness (QED) is 0.267. The summed E-state index contributed by atoms with van der Waals surface area (Å²) in [6.07, 6.45) is 0. The molecule has 0 radical (unpaired) electrons. The zero-order valence-electron chi connectivity index (χ0n) is 15.4. The van der Waals surface area contributed by atoms with E-state index in [4.69, 9.17) is 23.2 Å². The lowest BCUT2D eigenvalue weighted by Crippen LogP contribution is -2.14. The molecule has 152 valence electrons. The predicted molar refractivity (Wildman–Crippen MR) is 131 cm³/mol. The summed E-state index contributed by atoms with van der Waals surface area (Å²) in [5.41, 5.74) is 1.82. The van der Waals surface area contributed by atoms with Gasteiger partial charge in [-0.3, -0.25) is 4.79 Å². The van der Waals surface area contributed by atoms with Gasteiger partial charge in [0.1, 0.15) is 5.82 Å². The molecule has 0 atom stereocenters. The van der Waals surface area contributed by atoms with Gasteiger partial charge in [-0.15, -0.1) is 22.0 Å². The van der Waals surface area contributed by atoms with E-state index < -0.39 is 0 Å². The Hall–Kier alpha value is -0.940. The van der Waals surface area contributed by atoms with Crippen LogP contribution in [0.2, 0.25) is 10.0 Å². The second-order valence-corrected chi connectivity index (χ2v) is 10.0. The fourth-order valence-electron chi connectivity index (χ4n) is 2.35. The number of anilines is 1. The van der Waals surface area contributed by atoms with Crippen molar-refractivity contribution in [1.82, 2.24) is 14.8 Å². The Kier molecular flexibility index (Phi) is 8.55. The van der Waals surface area contributed by atoms with Crippen LogP contribution in [0, 0.1) is 3.57 Å². The van der Waals surface area contributed by atoms with Gasteiger partial charge in [0.25, 0.3) is 0 Å². The Balaban J connectivity index is 1.48. The number of benzene rings is 2. The standard InChI is InChI=1S/C19H17Cl2IN4OS2/c1-26-17(10-28-9-12-2-3-13(20)8-16(12)21)24-25-19(26)29-11-18(27)23-15-6-4-14(22)5-7-15/h2-8H,9-11H2,1H3,(H,23,27). The van der Waals surface area contributed by atoms with Crippen molar-refractivity contribution in [2.24, 2.45) is 7.05 Å². The number of thioether (sulfide) groups is 2. The maximum atomic E-state index is 12.2. The van der Waals surface area contributed by atoms with Gasteiger partial charge in [-0.25, -0.2) is 0 Å². The smallest absolute Gasteiger partial charge is 0.234 e. The number of carbonyl (C=O) groups is 1. The molecule has 3 rings (SSSR count). The predicted octanol–water partition coefficient (Wildman–Crippen LogP) is 5.89. The lowest BCUT2D eigenvalue weighted by molar-refractivity contribution is -0.113. The fraction of sp³-hybridized carbons (Fsp3) is 0.211. The van der Waals surface area contributed by atoms with E-state index in [2.05, 4.69) is 38.1 Å². The van der Waals surface area contributed by atoms with Crippen LogP contribution >= 0.6 is 69.3 Å². The molecule has 2 aromatic carbocycles. The van der Waals surface area contributed by atoms with E-state index in [0.29, 0.717) is 21.0 Å². The first-order chi connectivity index (χ1) is 13.9. The summed E-state index contributed by atoms with van der Waals surface area (Å²) in [7, 11) is 1.91. The fourth-order valence-corrected chi connectivity index (χ4v) is 5.00. The maximum Gasteiger partial charge on any atom is 0.234 e. The molecule has 0 aliphatic heterocycles. The van der Waals surface area contributed by atoms with E-state index in [1.165, 1.54) is 11.8 Å². The Morgan fingerprint density at radius 3 is 2.62 bits per heavy atom. The van der Waals surface area contributed by atoms with Crippen LogP contribution < -0.4 is 5.32 Å². The summed E-state index contributed by atoms with van der Waals surface area (Å²) in [4.78, 5) is 12.2. The minimum absolute atomic E-state index is 0.0764. The van der Waals surface area contributed by atoms with E-state index in [1.807, 2.05) is 48.0 Å². The van der Waals surface area contributed by atoms with Crippen LogP contribution in [0.4, 0.5) is 5.69 Å². The highest BCUT2D eigenvalue weighted by Gasteiger charge is 2.12. The van der Waals surface area contributed by atoms with Crippen LogP contribution in [0.3, 0.4) is 0 Å². The molecule has 0 aliphatic carbocycles. The highest BCUT2D eigenvalue weighted by Crippen LogP contribution is 2.26. The third-order valence-electron chi connectivity index (χ3n) is 3.89. The highest BCUT2D eigenvalue weighted by molar-refractivity contribution is 14.1.